The van der Waals surface area contributed by atoms with Crippen molar-refractivity contribution in [3.63, 3.8) is 0 Å². The number of nitrogens with zero attached hydrogens (tertiary/aromatic N) is 1. The predicted octanol–water partition coefficient (Wildman–Crippen LogP) is 0.902. The van der Waals surface area contributed by atoms with Gasteiger partial charge in [-0.2, -0.15) is 0 Å². The Bertz CT molecular complexity index is 707. The normalized spacial score (nSPS) is 17.5. The summed E-state index contributed by atoms with van der Waals surface area (Å²) in [5.41, 5.74) is 1.22. The van der Waals surface area contributed by atoms with Crippen molar-refractivity contribution in [3.05, 3.63) is 40.2 Å². The summed E-state index contributed by atoms with van der Waals surface area (Å²) >= 11 is 0. The molecule has 0 saturated carbocycles. The van der Waals surface area contributed by atoms with E-state index in [0.29, 0.717) is 31.0 Å². The van der Waals surface area contributed by atoms with Crippen LogP contribution in [0.25, 0.3) is 10.9 Å². The molecule has 1 fully saturated rings. The molecule has 0 radical (unpaired) electrons. The van der Waals surface area contributed by atoms with Crippen molar-refractivity contribution in [1.29, 1.82) is 0 Å². The smallest absolute Gasteiger partial charge is 0.248 e. The van der Waals surface area contributed by atoms with Gasteiger partial charge in [-0.1, -0.05) is 6.07 Å². The zero-order valence-corrected chi connectivity index (χ0v) is 12.5. The first-order valence-corrected chi connectivity index (χ1v) is 7.37. The number of H-pyrrole nitrogens is 1. The van der Waals surface area contributed by atoms with E-state index in [4.69, 9.17) is 9.47 Å². The number of β-amino-alcohol motifs (C(OH)–C–C–N with tert-alkyl or cyclic N) is 1. The van der Waals surface area contributed by atoms with Crippen molar-refractivity contribution < 1.29 is 14.6 Å². The minimum atomic E-state index is -0.627. The van der Waals surface area contributed by atoms with Crippen molar-refractivity contribution in [1.82, 2.24) is 9.88 Å². The summed E-state index contributed by atoms with van der Waals surface area (Å²) in [4.78, 5) is 16.5. The number of morpholine rings is 1. The lowest BCUT2D eigenvalue weighted by atomic mass is 10.0. The zero-order chi connectivity index (χ0) is 15.5. The van der Waals surface area contributed by atoms with Crippen LogP contribution >= 0.6 is 0 Å². The molecule has 6 nitrogen and oxygen atoms in total. The Morgan fingerprint density at radius 1 is 1.32 bits per heavy atom. The fraction of sp³-hybridized carbons (Fsp3) is 0.438. The van der Waals surface area contributed by atoms with E-state index in [0.717, 1.165) is 24.0 Å². The molecule has 0 aliphatic carbocycles. The number of fused-ring (bicyclic) bond motifs is 1. The van der Waals surface area contributed by atoms with E-state index < -0.39 is 6.10 Å². The third-order valence-electron chi connectivity index (χ3n) is 4.00. The number of hydrogen-bond acceptors (Lipinski definition) is 5. The highest BCUT2D eigenvalue weighted by atomic mass is 16.5. The van der Waals surface area contributed by atoms with E-state index in [-0.39, 0.29) is 5.56 Å². The molecular formula is C16H20N2O4. The lowest BCUT2D eigenvalue weighted by molar-refractivity contribution is 0.0146. The number of nitrogens with one attached hydrogen (secondary N) is 1. The fourth-order valence-corrected chi connectivity index (χ4v) is 2.84. The number of ether oxygens (including phenoxy) is 2. The van der Waals surface area contributed by atoms with Crippen LogP contribution in [0.2, 0.25) is 0 Å². The lowest BCUT2D eigenvalue weighted by Crippen LogP contribution is -2.38. The number of benzene rings is 1. The molecule has 0 amide bonds. The van der Waals surface area contributed by atoms with Crippen molar-refractivity contribution >= 4 is 10.9 Å². The van der Waals surface area contributed by atoms with Crippen LogP contribution in [0.5, 0.6) is 5.75 Å². The van der Waals surface area contributed by atoms with Gasteiger partial charge in [-0.25, -0.2) is 0 Å². The second-order valence-corrected chi connectivity index (χ2v) is 5.40. The van der Waals surface area contributed by atoms with Gasteiger partial charge in [0.05, 0.1) is 31.9 Å². The molecule has 0 bridgehead atoms. The molecule has 2 N–H and O–H groups in total. The molecule has 1 aromatic heterocycles. The van der Waals surface area contributed by atoms with Crippen LogP contribution in [-0.4, -0.2) is 54.9 Å². The number of rotatable bonds is 4. The largest absolute Gasteiger partial charge is 0.495 e. The monoisotopic (exact) mass is 304 g/mol. The topological polar surface area (TPSA) is 74.8 Å². The van der Waals surface area contributed by atoms with Crippen LogP contribution in [0.1, 0.15) is 11.7 Å². The van der Waals surface area contributed by atoms with Crippen molar-refractivity contribution in [3.8, 4) is 5.75 Å². The van der Waals surface area contributed by atoms with E-state index in [2.05, 4.69) is 9.88 Å². The zero-order valence-electron chi connectivity index (χ0n) is 12.5. The molecule has 0 spiro atoms. The van der Waals surface area contributed by atoms with E-state index in [9.17, 15) is 9.90 Å². The highest BCUT2D eigenvalue weighted by Crippen LogP contribution is 2.29. The Balaban J connectivity index is 1.94. The van der Waals surface area contributed by atoms with E-state index >= 15 is 0 Å². The molecule has 1 aromatic carbocycles. The minimum absolute atomic E-state index is 0.189. The van der Waals surface area contributed by atoms with Crippen molar-refractivity contribution in [2.45, 2.75) is 6.10 Å². The molecule has 3 rings (SSSR count). The number of aromatic nitrogens is 1. The molecule has 6 heteroatoms. The van der Waals surface area contributed by atoms with Crippen LogP contribution in [0, 0.1) is 0 Å². The van der Waals surface area contributed by atoms with E-state index in [1.807, 2.05) is 6.07 Å². The number of aliphatic hydroxyl groups excluding tert-OH is 1. The van der Waals surface area contributed by atoms with Gasteiger partial charge in [0.25, 0.3) is 0 Å². The average Bonchev–Trinajstić information content (AvgIpc) is 2.54. The number of hydrogen-bond donors (Lipinski definition) is 2. The van der Waals surface area contributed by atoms with Crippen LogP contribution < -0.4 is 10.3 Å². The Labute approximate surface area is 128 Å². The quantitative estimate of drug-likeness (QED) is 0.878. The van der Waals surface area contributed by atoms with Gasteiger partial charge in [0.15, 0.2) is 0 Å². The summed E-state index contributed by atoms with van der Waals surface area (Å²) in [6, 6.07) is 6.82. The number of methoxy groups -OCH3 is 1. The molecule has 1 aliphatic heterocycles. The van der Waals surface area contributed by atoms with Gasteiger partial charge in [-0.3, -0.25) is 9.69 Å². The molecule has 1 saturated heterocycles. The van der Waals surface area contributed by atoms with E-state index in [1.165, 1.54) is 6.07 Å². The van der Waals surface area contributed by atoms with Crippen LogP contribution in [-0.2, 0) is 4.74 Å². The molecule has 2 aromatic rings. The van der Waals surface area contributed by atoms with Crippen LogP contribution in [0.3, 0.4) is 0 Å². The first-order chi connectivity index (χ1) is 10.7. The van der Waals surface area contributed by atoms with Crippen LogP contribution in [0.4, 0.5) is 0 Å². The molecule has 1 unspecified atom stereocenters. The van der Waals surface area contributed by atoms with Gasteiger partial charge in [-0.15, -0.1) is 0 Å². The maximum absolute atomic E-state index is 11.6. The van der Waals surface area contributed by atoms with Crippen LogP contribution in [0.15, 0.2) is 29.1 Å². The molecule has 2 heterocycles. The maximum Gasteiger partial charge on any atom is 0.248 e. The third-order valence-corrected chi connectivity index (χ3v) is 4.00. The Morgan fingerprint density at radius 3 is 2.82 bits per heavy atom. The SMILES string of the molecule is COc1ccc(C(O)CN2CCOCC2)c2ccc(=O)[nH]c12. The maximum atomic E-state index is 11.6. The lowest BCUT2D eigenvalue weighted by Gasteiger charge is -2.29. The summed E-state index contributed by atoms with van der Waals surface area (Å²) in [6.45, 7) is 3.58. The summed E-state index contributed by atoms with van der Waals surface area (Å²) < 4.78 is 10.6. The Hall–Kier alpha value is -1.89. The predicted molar refractivity (Wildman–Crippen MR) is 83.3 cm³/mol. The Kier molecular flexibility index (Phi) is 4.42. The van der Waals surface area contributed by atoms with Gasteiger partial charge < -0.3 is 19.6 Å². The van der Waals surface area contributed by atoms with Gasteiger partial charge in [0.2, 0.25) is 5.56 Å². The van der Waals surface area contributed by atoms with E-state index in [1.54, 1.807) is 19.2 Å². The molecular weight excluding hydrogens is 284 g/mol. The van der Waals surface area contributed by atoms with Crippen molar-refractivity contribution in [2.24, 2.45) is 0 Å². The van der Waals surface area contributed by atoms with Gasteiger partial charge in [0.1, 0.15) is 5.75 Å². The number of pyridine rings is 1. The number of aliphatic hydroxyl groups is 1. The van der Waals surface area contributed by atoms with Gasteiger partial charge in [0, 0.05) is 31.1 Å². The summed E-state index contributed by atoms with van der Waals surface area (Å²) in [7, 11) is 1.56. The third kappa shape index (κ3) is 2.99. The van der Waals surface area contributed by atoms with Crippen molar-refractivity contribution in [2.75, 3.05) is 40.0 Å². The first kappa shape index (κ1) is 15.0. The highest BCUT2D eigenvalue weighted by molar-refractivity contribution is 5.87. The summed E-state index contributed by atoms with van der Waals surface area (Å²) in [6.07, 6.45) is -0.627. The first-order valence-electron chi connectivity index (χ1n) is 7.37. The second kappa shape index (κ2) is 6.48. The summed E-state index contributed by atoms with van der Waals surface area (Å²) in [5, 5.41) is 11.4. The Morgan fingerprint density at radius 2 is 2.09 bits per heavy atom. The molecule has 22 heavy (non-hydrogen) atoms. The van der Waals surface area contributed by atoms with Gasteiger partial charge >= 0.3 is 0 Å². The summed E-state index contributed by atoms with van der Waals surface area (Å²) in [5.74, 6) is 0.593. The number of aromatic amines is 1. The molecule has 118 valence electrons. The minimum Gasteiger partial charge on any atom is -0.495 e. The molecule has 1 atom stereocenters. The fourth-order valence-electron chi connectivity index (χ4n) is 2.84. The standard InChI is InChI=1S/C16H20N2O4/c1-21-14-4-2-11(12-3-5-15(20)17-16(12)14)13(19)10-18-6-8-22-9-7-18/h2-5,13,19H,6-10H2,1H3,(H,17,20). The molecule has 1 aliphatic rings. The average molecular weight is 304 g/mol. The second-order valence-electron chi connectivity index (χ2n) is 5.40. The van der Waals surface area contributed by atoms with Gasteiger partial charge in [-0.05, 0) is 17.7 Å². The highest BCUT2D eigenvalue weighted by Gasteiger charge is 2.19.